The topological polar surface area (TPSA) is 45.4 Å². The fourth-order valence-corrected chi connectivity index (χ4v) is 2.68. The van der Waals surface area contributed by atoms with Crippen molar-refractivity contribution in [2.45, 2.75) is 17.1 Å². The first-order valence-corrected chi connectivity index (χ1v) is 5.93. The summed E-state index contributed by atoms with van der Waals surface area (Å²) >= 11 is 7.34. The van der Waals surface area contributed by atoms with Crippen molar-refractivity contribution in [3.05, 3.63) is 23.1 Å². The predicted octanol–water partition coefficient (Wildman–Crippen LogP) is 1.50. The summed E-state index contributed by atoms with van der Waals surface area (Å²) in [6, 6.07) is 3.60. The number of halogens is 1. The van der Waals surface area contributed by atoms with Crippen LogP contribution in [0.1, 0.15) is 5.76 Å². The molecule has 14 heavy (non-hydrogen) atoms. The average Bonchev–Trinajstić information content (AvgIpc) is 2.72. The molecule has 0 bridgehead atoms. The van der Waals surface area contributed by atoms with Gasteiger partial charge in [-0.1, -0.05) is 0 Å². The third kappa shape index (κ3) is 2.45. The first-order chi connectivity index (χ1) is 6.75. The molecule has 1 aliphatic rings. The van der Waals surface area contributed by atoms with E-state index in [0.29, 0.717) is 11.8 Å². The van der Waals surface area contributed by atoms with Crippen LogP contribution in [0, 0.1) is 0 Å². The number of furan rings is 1. The standard InChI is InChI=1S/C9H12ClNO2S/c10-9-2-1-6(13-9)5-14-8-4-11-3-7(8)12/h1-2,7-8,11-12H,3-5H2/t7-,8-/m1/s1. The zero-order chi connectivity index (χ0) is 9.97. The zero-order valence-corrected chi connectivity index (χ0v) is 9.14. The Morgan fingerprint density at radius 2 is 2.43 bits per heavy atom. The monoisotopic (exact) mass is 233 g/mol. The van der Waals surface area contributed by atoms with Crippen LogP contribution in [0.15, 0.2) is 16.5 Å². The Morgan fingerprint density at radius 3 is 3.00 bits per heavy atom. The maximum atomic E-state index is 9.53. The molecule has 2 heterocycles. The maximum Gasteiger partial charge on any atom is 0.193 e. The molecule has 0 saturated carbocycles. The number of rotatable bonds is 3. The molecule has 5 heteroatoms. The third-order valence-electron chi connectivity index (χ3n) is 2.20. The largest absolute Gasteiger partial charge is 0.449 e. The summed E-state index contributed by atoms with van der Waals surface area (Å²) in [6.45, 7) is 1.55. The van der Waals surface area contributed by atoms with Gasteiger partial charge in [0.25, 0.3) is 0 Å². The van der Waals surface area contributed by atoms with E-state index in [2.05, 4.69) is 5.32 Å². The van der Waals surface area contributed by atoms with E-state index >= 15 is 0 Å². The molecule has 0 aromatic carbocycles. The highest BCUT2D eigenvalue weighted by molar-refractivity contribution is 7.99. The minimum atomic E-state index is -0.245. The Bertz CT molecular complexity index is 305. The fraction of sp³-hybridized carbons (Fsp3) is 0.556. The number of hydrogen-bond donors (Lipinski definition) is 2. The third-order valence-corrected chi connectivity index (χ3v) is 3.76. The van der Waals surface area contributed by atoms with Gasteiger partial charge in [0.05, 0.1) is 11.9 Å². The van der Waals surface area contributed by atoms with Crippen LogP contribution in [-0.2, 0) is 5.75 Å². The molecule has 78 valence electrons. The van der Waals surface area contributed by atoms with Gasteiger partial charge in [0.15, 0.2) is 5.22 Å². The Labute approximate surface area is 91.8 Å². The van der Waals surface area contributed by atoms with Gasteiger partial charge >= 0.3 is 0 Å². The minimum Gasteiger partial charge on any atom is -0.449 e. The lowest BCUT2D eigenvalue weighted by molar-refractivity contribution is 0.201. The first-order valence-electron chi connectivity index (χ1n) is 4.50. The van der Waals surface area contributed by atoms with E-state index in [-0.39, 0.29) is 11.4 Å². The Balaban J connectivity index is 1.82. The van der Waals surface area contributed by atoms with Crippen LogP contribution in [0.4, 0.5) is 0 Å². The van der Waals surface area contributed by atoms with Gasteiger partial charge in [0.1, 0.15) is 5.76 Å². The molecule has 3 nitrogen and oxygen atoms in total. The smallest absolute Gasteiger partial charge is 0.193 e. The predicted molar refractivity (Wildman–Crippen MR) is 57.7 cm³/mol. The molecule has 1 saturated heterocycles. The lowest BCUT2D eigenvalue weighted by Gasteiger charge is -2.11. The van der Waals surface area contributed by atoms with Gasteiger partial charge in [-0.2, -0.15) is 0 Å². The minimum absolute atomic E-state index is 0.245. The highest BCUT2D eigenvalue weighted by Crippen LogP contribution is 2.24. The Morgan fingerprint density at radius 1 is 1.57 bits per heavy atom. The van der Waals surface area contributed by atoms with E-state index < -0.39 is 0 Å². The highest BCUT2D eigenvalue weighted by atomic mass is 35.5. The summed E-state index contributed by atoms with van der Waals surface area (Å²) in [7, 11) is 0. The maximum absolute atomic E-state index is 9.53. The van der Waals surface area contributed by atoms with E-state index in [0.717, 1.165) is 18.1 Å². The van der Waals surface area contributed by atoms with Crippen LogP contribution in [-0.4, -0.2) is 29.5 Å². The number of aliphatic hydroxyl groups excluding tert-OH is 1. The summed E-state index contributed by atoms with van der Waals surface area (Å²) in [4.78, 5) is 0. The van der Waals surface area contributed by atoms with Gasteiger partial charge in [0.2, 0.25) is 0 Å². The highest BCUT2D eigenvalue weighted by Gasteiger charge is 2.25. The van der Waals surface area contributed by atoms with Crippen molar-refractivity contribution in [1.82, 2.24) is 5.32 Å². The average molecular weight is 234 g/mol. The number of nitrogens with one attached hydrogen (secondary N) is 1. The SMILES string of the molecule is O[C@@H]1CNC[C@H]1SCc1ccc(Cl)o1. The molecule has 0 aliphatic carbocycles. The van der Waals surface area contributed by atoms with Crippen LogP contribution in [0.5, 0.6) is 0 Å². The van der Waals surface area contributed by atoms with Gasteiger partial charge in [-0.25, -0.2) is 0 Å². The molecule has 2 rings (SSSR count). The molecule has 1 fully saturated rings. The Hall–Kier alpha value is -0.160. The van der Waals surface area contributed by atoms with Crippen molar-refractivity contribution >= 4 is 23.4 Å². The number of thioether (sulfide) groups is 1. The molecule has 1 aromatic heterocycles. The van der Waals surface area contributed by atoms with Crippen LogP contribution in [0.3, 0.4) is 0 Å². The van der Waals surface area contributed by atoms with Gasteiger partial charge in [-0.05, 0) is 23.7 Å². The van der Waals surface area contributed by atoms with Gasteiger partial charge in [-0.3, -0.25) is 0 Å². The molecule has 1 aliphatic heterocycles. The van der Waals surface area contributed by atoms with E-state index in [1.54, 1.807) is 17.8 Å². The van der Waals surface area contributed by atoms with Crippen molar-refractivity contribution in [3.8, 4) is 0 Å². The fourth-order valence-electron chi connectivity index (χ4n) is 1.43. The van der Waals surface area contributed by atoms with Crippen molar-refractivity contribution in [2.24, 2.45) is 0 Å². The number of β-amino-alcohol motifs (C(OH)–C–C–N with tert-alkyl or cyclic N) is 1. The molecule has 0 radical (unpaired) electrons. The van der Waals surface area contributed by atoms with Crippen molar-refractivity contribution in [1.29, 1.82) is 0 Å². The summed E-state index contributed by atoms with van der Waals surface area (Å²) in [6.07, 6.45) is -0.245. The van der Waals surface area contributed by atoms with Crippen molar-refractivity contribution in [2.75, 3.05) is 13.1 Å². The van der Waals surface area contributed by atoms with Crippen LogP contribution < -0.4 is 5.32 Å². The zero-order valence-electron chi connectivity index (χ0n) is 7.57. The Kier molecular flexibility index (Phi) is 3.38. The van der Waals surface area contributed by atoms with E-state index in [1.807, 2.05) is 6.07 Å². The second-order valence-electron chi connectivity index (χ2n) is 3.28. The van der Waals surface area contributed by atoms with E-state index in [4.69, 9.17) is 16.0 Å². The summed E-state index contributed by atoms with van der Waals surface area (Å²) in [5.41, 5.74) is 0. The van der Waals surface area contributed by atoms with Crippen LogP contribution in [0.2, 0.25) is 5.22 Å². The second kappa shape index (κ2) is 4.57. The lowest BCUT2D eigenvalue weighted by Crippen LogP contribution is -2.20. The van der Waals surface area contributed by atoms with Crippen molar-refractivity contribution in [3.63, 3.8) is 0 Å². The van der Waals surface area contributed by atoms with Crippen LogP contribution >= 0.6 is 23.4 Å². The molecule has 2 atom stereocenters. The number of aliphatic hydroxyl groups is 1. The van der Waals surface area contributed by atoms with Gasteiger partial charge in [-0.15, -0.1) is 11.8 Å². The summed E-state index contributed by atoms with van der Waals surface area (Å²) < 4.78 is 5.22. The molecule has 0 spiro atoms. The lowest BCUT2D eigenvalue weighted by atomic mass is 10.3. The molecular formula is C9H12ClNO2S. The summed E-state index contributed by atoms with van der Waals surface area (Å²) in [5.74, 6) is 1.62. The van der Waals surface area contributed by atoms with Gasteiger partial charge in [0, 0.05) is 18.3 Å². The first kappa shape index (κ1) is 10.4. The summed E-state index contributed by atoms with van der Waals surface area (Å²) in [5, 5.41) is 13.4. The molecular weight excluding hydrogens is 222 g/mol. The quantitative estimate of drug-likeness (QED) is 0.831. The van der Waals surface area contributed by atoms with E-state index in [1.165, 1.54) is 0 Å². The molecule has 0 unspecified atom stereocenters. The molecule has 1 aromatic rings. The van der Waals surface area contributed by atoms with Gasteiger partial charge < -0.3 is 14.8 Å². The van der Waals surface area contributed by atoms with Crippen molar-refractivity contribution < 1.29 is 9.52 Å². The molecule has 2 N–H and O–H groups in total. The second-order valence-corrected chi connectivity index (χ2v) is 4.88. The van der Waals surface area contributed by atoms with E-state index in [9.17, 15) is 5.11 Å². The molecule has 0 amide bonds. The number of hydrogen-bond acceptors (Lipinski definition) is 4. The van der Waals surface area contributed by atoms with Crippen LogP contribution in [0.25, 0.3) is 0 Å². The normalized spacial score (nSPS) is 27.0.